The van der Waals surface area contributed by atoms with E-state index in [4.69, 9.17) is 16.0 Å². The minimum absolute atomic E-state index is 0.133. The van der Waals surface area contributed by atoms with Crippen LogP contribution in [0, 0.1) is 12.7 Å². The van der Waals surface area contributed by atoms with E-state index in [0.717, 1.165) is 5.56 Å². The predicted octanol–water partition coefficient (Wildman–Crippen LogP) is 3.50. The molecule has 5 nitrogen and oxygen atoms in total. The van der Waals surface area contributed by atoms with Gasteiger partial charge in [0.1, 0.15) is 17.1 Å². The van der Waals surface area contributed by atoms with Crippen LogP contribution in [0.3, 0.4) is 0 Å². The first-order valence-electron chi connectivity index (χ1n) is 8.31. The summed E-state index contributed by atoms with van der Waals surface area (Å²) in [5, 5.41) is 13.1. The molecular formula is C20H17ClFNO4. The number of aryl methyl sites for hydroxylation is 1. The lowest BCUT2D eigenvalue weighted by atomic mass is 10.0. The van der Waals surface area contributed by atoms with Gasteiger partial charge in [0.05, 0.1) is 17.0 Å². The third kappa shape index (κ3) is 4.28. The van der Waals surface area contributed by atoms with E-state index < -0.39 is 5.63 Å². The van der Waals surface area contributed by atoms with Crippen LogP contribution in [0.1, 0.15) is 16.7 Å². The molecule has 0 radical (unpaired) electrons. The third-order valence-corrected chi connectivity index (χ3v) is 4.64. The number of halogens is 2. The first kappa shape index (κ1) is 18.9. The molecule has 3 aromatic rings. The second-order valence-electron chi connectivity index (χ2n) is 6.20. The average Bonchev–Trinajstić information content (AvgIpc) is 2.62. The molecule has 0 saturated heterocycles. The van der Waals surface area contributed by atoms with Crippen LogP contribution in [-0.4, -0.2) is 17.6 Å². The van der Waals surface area contributed by atoms with Crippen molar-refractivity contribution in [3.05, 3.63) is 74.3 Å². The van der Waals surface area contributed by atoms with Gasteiger partial charge >= 0.3 is 5.63 Å². The number of benzene rings is 2. The van der Waals surface area contributed by atoms with E-state index >= 15 is 0 Å². The Morgan fingerprint density at radius 2 is 1.96 bits per heavy atom. The molecule has 0 fully saturated rings. The van der Waals surface area contributed by atoms with Gasteiger partial charge in [0.2, 0.25) is 5.91 Å². The normalized spacial score (nSPS) is 10.9. The number of phenols is 1. The maximum atomic E-state index is 12.9. The van der Waals surface area contributed by atoms with Gasteiger partial charge in [-0.2, -0.15) is 0 Å². The molecule has 0 saturated carbocycles. The number of aromatic hydroxyl groups is 1. The summed E-state index contributed by atoms with van der Waals surface area (Å²) in [4.78, 5) is 24.4. The van der Waals surface area contributed by atoms with Crippen LogP contribution in [-0.2, 0) is 17.6 Å². The van der Waals surface area contributed by atoms with Crippen LogP contribution in [0.4, 0.5) is 4.39 Å². The molecule has 2 N–H and O–H groups in total. The van der Waals surface area contributed by atoms with E-state index in [1.807, 2.05) is 0 Å². The highest BCUT2D eigenvalue weighted by molar-refractivity contribution is 6.32. The fourth-order valence-corrected chi connectivity index (χ4v) is 2.99. The largest absolute Gasteiger partial charge is 0.506 e. The Morgan fingerprint density at radius 3 is 2.67 bits per heavy atom. The second-order valence-corrected chi connectivity index (χ2v) is 6.60. The fraction of sp³-hybridized carbons (Fsp3) is 0.200. The van der Waals surface area contributed by atoms with E-state index in [2.05, 4.69) is 5.32 Å². The standard InChI is InChI=1S/C20H17ClFNO4/c1-11-14-8-16(21)17(24)10-18(14)27-20(26)15(11)9-19(25)23-7-6-12-2-4-13(22)5-3-12/h2-5,8,10,24H,6-7,9H2,1H3,(H,23,25). The van der Waals surface area contributed by atoms with Crippen molar-refractivity contribution in [3.8, 4) is 5.75 Å². The van der Waals surface area contributed by atoms with Crippen molar-refractivity contribution in [2.75, 3.05) is 6.54 Å². The van der Waals surface area contributed by atoms with Crippen molar-refractivity contribution in [3.63, 3.8) is 0 Å². The van der Waals surface area contributed by atoms with Crippen molar-refractivity contribution in [2.24, 2.45) is 0 Å². The van der Waals surface area contributed by atoms with Crippen molar-refractivity contribution in [2.45, 2.75) is 19.8 Å². The number of nitrogens with one attached hydrogen (secondary N) is 1. The van der Waals surface area contributed by atoms with Gasteiger partial charge in [0, 0.05) is 18.0 Å². The van der Waals surface area contributed by atoms with Crippen LogP contribution in [0.2, 0.25) is 5.02 Å². The molecule has 0 aliphatic carbocycles. The van der Waals surface area contributed by atoms with Crippen molar-refractivity contribution in [1.29, 1.82) is 0 Å². The fourth-order valence-electron chi connectivity index (χ4n) is 2.82. The Bertz CT molecular complexity index is 1060. The van der Waals surface area contributed by atoms with Crippen molar-refractivity contribution in [1.82, 2.24) is 5.32 Å². The summed E-state index contributed by atoms with van der Waals surface area (Å²) in [6, 6.07) is 8.82. The van der Waals surface area contributed by atoms with Crippen molar-refractivity contribution >= 4 is 28.5 Å². The molecule has 3 rings (SSSR count). The van der Waals surface area contributed by atoms with Gasteiger partial charge in [-0.05, 0) is 42.7 Å². The zero-order chi connectivity index (χ0) is 19.6. The molecule has 27 heavy (non-hydrogen) atoms. The molecule has 0 unspecified atom stereocenters. The number of amides is 1. The number of fused-ring (bicyclic) bond motifs is 1. The lowest BCUT2D eigenvalue weighted by Gasteiger charge is -2.09. The van der Waals surface area contributed by atoms with Gasteiger partial charge in [0.25, 0.3) is 0 Å². The second kappa shape index (κ2) is 7.80. The van der Waals surface area contributed by atoms with Crippen LogP contribution in [0.5, 0.6) is 5.75 Å². The molecular weight excluding hydrogens is 373 g/mol. The summed E-state index contributed by atoms with van der Waals surface area (Å²) >= 11 is 5.92. The summed E-state index contributed by atoms with van der Waals surface area (Å²) in [7, 11) is 0. The highest BCUT2D eigenvalue weighted by Gasteiger charge is 2.16. The molecule has 1 heterocycles. The van der Waals surface area contributed by atoms with E-state index in [9.17, 15) is 19.1 Å². The Morgan fingerprint density at radius 1 is 1.26 bits per heavy atom. The number of carbonyl (C=O) groups is 1. The molecule has 0 aliphatic rings. The monoisotopic (exact) mass is 389 g/mol. The molecule has 0 bridgehead atoms. The zero-order valence-corrected chi connectivity index (χ0v) is 15.3. The van der Waals surface area contributed by atoms with Gasteiger partial charge in [-0.1, -0.05) is 23.7 Å². The van der Waals surface area contributed by atoms with Crippen LogP contribution < -0.4 is 10.9 Å². The SMILES string of the molecule is Cc1c(CC(=O)NCCc2ccc(F)cc2)c(=O)oc2cc(O)c(Cl)cc12. The first-order chi connectivity index (χ1) is 12.8. The topological polar surface area (TPSA) is 79.5 Å². The van der Waals surface area contributed by atoms with Crippen LogP contribution in [0.25, 0.3) is 11.0 Å². The third-order valence-electron chi connectivity index (χ3n) is 4.34. The van der Waals surface area contributed by atoms with Gasteiger partial charge in [0.15, 0.2) is 0 Å². The highest BCUT2D eigenvalue weighted by Crippen LogP contribution is 2.30. The summed E-state index contributed by atoms with van der Waals surface area (Å²) in [6.45, 7) is 2.07. The van der Waals surface area contributed by atoms with Crippen LogP contribution >= 0.6 is 11.6 Å². The van der Waals surface area contributed by atoms with Gasteiger partial charge in [-0.15, -0.1) is 0 Å². The maximum Gasteiger partial charge on any atom is 0.340 e. The first-order valence-corrected chi connectivity index (χ1v) is 8.69. The number of hydrogen-bond donors (Lipinski definition) is 2. The van der Waals surface area contributed by atoms with E-state index in [1.54, 1.807) is 19.1 Å². The average molecular weight is 390 g/mol. The lowest BCUT2D eigenvalue weighted by Crippen LogP contribution is -2.29. The molecule has 7 heteroatoms. The van der Waals surface area contributed by atoms with Crippen molar-refractivity contribution < 1.29 is 18.7 Å². The number of rotatable bonds is 5. The summed E-state index contributed by atoms with van der Waals surface area (Å²) in [6.07, 6.45) is 0.415. The summed E-state index contributed by atoms with van der Waals surface area (Å²) < 4.78 is 18.1. The quantitative estimate of drug-likeness (QED) is 0.654. The maximum absolute atomic E-state index is 12.9. The van der Waals surface area contributed by atoms with Gasteiger partial charge in [-0.25, -0.2) is 9.18 Å². The number of phenolic OH excluding ortho intramolecular Hbond substituents is 1. The minimum atomic E-state index is -0.629. The van der Waals surface area contributed by atoms with E-state index in [1.165, 1.54) is 24.3 Å². The van der Waals surface area contributed by atoms with Gasteiger partial charge < -0.3 is 14.8 Å². The smallest absolute Gasteiger partial charge is 0.340 e. The molecule has 1 amide bonds. The van der Waals surface area contributed by atoms with Gasteiger partial charge in [-0.3, -0.25) is 4.79 Å². The number of carbonyl (C=O) groups excluding carboxylic acids is 1. The highest BCUT2D eigenvalue weighted by atomic mass is 35.5. The Balaban J connectivity index is 1.71. The molecule has 1 aromatic heterocycles. The predicted molar refractivity (Wildman–Crippen MR) is 101 cm³/mol. The summed E-state index contributed by atoms with van der Waals surface area (Å²) in [5.41, 5.74) is 1.29. The Labute approximate surface area is 159 Å². The summed E-state index contributed by atoms with van der Waals surface area (Å²) in [5.74, 6) is -0.815. The Hall–Kier alpha value is -2.86. The molecule has 0 atom stereocenters. The molecule has 2 aromatic carbocycles. The van der Waals surface area contributed by atoms with E-state index in [0.29, 0.717) is 23.9 Å². The number of hydrogen-bond acceptors (Lipinski definition) is 4. The molecule has 0 spiro atoms. The van der Waals surface area contributed by atoms with E-state index in [-0.39, 0.29) is 40.1 Å². The van der Waals surface area contributed by atoms with Crippen LogP contribution in [0.15, 0.2) is 45.6 Å². The lowest BCUT2D eigenvalue weighted by molar-refractivity contribution is -0.120. The molecule has 0 aliphatic heterocycles. The zero-order valence-electron chi connectivity index (χ0n) is 14.5. The Kier molecular flexibility index (Phi) is 5.46. The minimum Gasteiger partial charge on any atom is -0.506 e. The molecule has 140 valence electrons.